The van der Waals surface area contributed by atoms with Crippen molar-refractivity contribution in [2.75, 3.05) is 21.3 Å². The quantitative estimate of drug-likeness (QED) is 0.355. The lowest BCUT2D eigenvalue weighted by atomic mass is 10.1. The van der Waals surface area contributed by atoms with Crippen molar-refractivity contribution in [1.82, 2.24) is 5.43 Å². The third kappa shape index (κ3) is 4.95. The first-order valence-corrected chi connectivity index (χ1v) is 8.90. The summed E-state index contributed by atoms with van der Waals surface area (Å²) in [6.45, 7) is 0.519. The van der Waals surface area contributed by atoms with Crippen molar-refractivity contribution in [3.63, 3.8) is 0 Å². The fraction of sp³-hybridized carbons (Fsp3) is 0.182. The summed E-state index contributed by atoms with van der Waals surface area (Å²) < 4.78 is 21.0. The Bertz CT molecular complexity index is 1010. The molecule has 0 aliphatic heterocycles. The molecular weight excluding hydrogens is 372 g/mol. The van der Waals surface area contributed by atoms with E-state index in [2.05, 4.69) is 10.5 Å². The second kappa shape index (κ2) is 9.45. The average Bonchev–Trinajstić information content (AvgIpc) is 3.25. The van der Waals surface area contributed by atoms with Crippen LogP contribution in [0.5, 0.6) is 11.5 Å². The number of benzene rings is 2. The number of ether oxygens (including phenoxy) is 3. The van der Waals surface area contributed by atoms with E-state index in [9.17, 15) is 4.79 Å². The zero-order valence-corrected chi connectivity index (χ0v) is 16.5. The molecule has 0 spiro atoms. The molecular formula is C22H22N2O5. The number of esters is 1. The molecule has 0 unspecified atom stereocenters. The van der Waals surface area contributed by atoms with Gasteiger partial charge in [0.15, 0.2) is 11.5 Å². The van der Waals surface area contributed by atoms with E-state index in [1.165, 1.54) is 7.11 Å². The number of hydrogen-bond acceptors (Lipinski definition) is 7. The molecule has 0 aliphatic carbocycles. The molecule has 0 radical (unpaired) electrons. The standard InChI is InChI=1S/C22H22N2O5/c1-26-20-9-7-15(11-21(20)27-2)13-23-24-14-18-8-10-19(29-18)16-5-4-6-17(12-16)22(25)28-3/h4-12,14,23H,13H2,1-3H3/b24-14+. The van der Waals surface area contributed by atoms with Gasteiger partial charge in [-0.2, -0.15) is 5.10 Å². The second-order valence-electron chi connectivity index (χ2n) is 6.06. The number of nitrogens with zero attached hydrogens (tertiary/aromatic N) is 1. The Labute approximate surface area is 168 Å². The van der Waals surface area contributed by atoms with Crippen molar-refractivity contribution in [3.8, 4) is 22.8 Å². The molecule has 0 fully saturated rings. The maximum Gasteiger partial charge on any atom is 0.337 e. The minimum absolute atomic E-state index is 0.389. The summed E-state index contributed by atoms with van der Waals surface area (Å²) in [4.78, 5) is 11.7. The van der Waals surface area contributed by atoms with Gasteiger partial charge in [-0.3, -0.25) is 0 Å². The van der Waals surface area contributed by atoms with Crippen LogP contribution < -0.4 is 14.9 Å². The number of furan rings is 1. The van der Waals surface area contributed by atoms with Crippen LogP contribution in [0.3, 0.4) is 0 Å². The fourth-order valence-corrected chi connectivity index (χ4v) is 2.73. The number of carbonyl (C=O) groups is 1. The van der Waals surface area contributed by atoms with E-state index >= 15 is 0 Å². The first-order chi connectivity index (χ1) is 14.1. The highest BCUT2D eigenvalue weighted by molar-refractivity contribution is 5.90. The number of hydrazone groups is 1. The van der Waals surface area contributed by atoms with Gasteiger partial charge in [0.1, 0.15) is 11.5 Å². The molecule has 2 aromatic carbocycles. The first kappa shape index (κ1) is 20.0. The van der Waals surface area contributed by atoms with Gasteiger partial charge in [0.2, 0.25) is 0 Å². The van der Waals surface area contributed by atoms with Gasteiger partial charge in [-0.25, -0.2) is 4.79 Å². The topological polar surface area (TPSA) is 82.3 Å². The summed E-state index contributed by atoms with van der Waals surface area (Å²) in [5.41, 5.74) is 5.22. The first-order valence-electron chi connectivity index (χ1n) is 8.90. The Hall–Kier alpha value is -3.74. The van der Waals surface area contributed by atoms with E-state index in [4.69, 9.17) is 18.6 Å². The third-order valence-electron chi connectivity index (χ3n) is 4.21. The Morgan fingerprint density at radius 2 is 1.86 bits per heavy atom. The summed E-state index contributed by atoms with van der Waals surface area (Å²) in [5, 5.41) is 4.19. The molecule has 7 heteroatoms. The predicted molar refractivity (Wildman–Crippen MR) is 109 cm³/mol. The second-order valence-corrected chi connectivity index (χ2v) is 6.06. The summed E-state index contributed by atoms with van der Waals surface area (Å²) in [6, 6.07) is 16.4. The van der Waals surface area contributed by atoms with Crippen molar-refractivity contribution in [2.24, 2.45) is 5.10 Å². The molecule has 0 saturated heterocycles. The minimum Gasteiger partial charge on any atom is -0.493 e. The van der Waals surface area contributed by atoms with Gasteiger partial charge in [0.05, 0.1) is 39.7 Å². The van der Waals surface area contributed by atoms with E-state index in [0.717, 1.165) is 11.1 Å². The van der Waals surface area contributed by atoms with Crippen molar-refractivity contribution in [2.45, 2.75) is 6.54 Å². The number of rotatable bonds is 8. The Morgan fingerprint density at radius 1 is 1.03 bits per heavy atom. The lowest BCUT2D eigenvalue weighted by Gasteiger charge is -2.09. The molecule has 0 amide bonds. The van der Waals surface area contributed by atoms with Gasteiger partial charge in [-0.1, -0.05) is 18.2 Å². The molecule has 1 aromatic heterocycles. The molecule has 3 aromatic rings. The zero-order valence-electron chi connectivity index (χ0n) is 16.5. The van der Waals surface area contributed by atoms with Crippen LogP contribution >= 0.6 is 0 Å². The van der Waals surface area contributed by atoms with Gasteiger partial charge < -0.3 is 24.1 Å². The van der Waals surface area contributed by atoms with Crippen LogP contribution in [0.2, 0.25) is 0 Å². The smallest absolute Gasteiger partial charge is 0.337 e. The lowest BCUT2D eigenvalue weighted by Crippen LogP contribution is -2.05. The average molecular weight is 394 g/mol. The van der Waals surface area contributed by atoms with E-state index in [0.29, 0.717) is 35.1 Å². The SMILES string of the molecule is COC(=O)c1cccc(-c2ccc(/C=N/NCc3ccc(OC)c(OC)c3)o2)c1. The molecule has 0 bridgehead atoms. The molecule has 0 atom stereocenters. The molecule has 0 saturated carbocycles. The maximum absolute atomic E-state index is 11.7. The van der Waals surface area contributed by atoms with Crippen LogP contribution in [0, 0.1) is 0 Å². The van der Waals surface area contributed by atoms with Gasteiger partial charge in [-0.05, 0) is 42.0 Å². The van der Waals surface area contributed by atoms with Crippen LogP contribution in [0.4, 0.5) is 0 Å². The van der Waals surface area contributed by atoms with Crippen LogP contribution in [0.25, 0.3) is 11.3 Å². The van der Waals surface area contributed by atoms with Crippen LogP contribution in [0.1, 0.15) is 21.7 Å². The van der Waals surface area contributed by atoms with E-state index in [1.54, 1.807) is 38.6 Å². The number of methoxy groups -OCH3 is 3. The molecule has 3 rings (SSSR count). The molecule has 1 N–H and O–H groups in total. The van der Waals surface area contributed by atoms with Crippen molar-refractivity contribution >= 4 is 12.2 Å². The number of hydrogen-bond donors (Lipinski definition) is 1. The molecule has 150 valence electrons. The molecule has 29 heavy (non-hydrogen) atoms. The van der Waals surface area contributed by atoms with Gasteiger partial charge >= 0.3 is 5.97 Å². The molecule has 1 heterocycles. The molecule has 0 aliphatic rings. The molecule has 7 nitrogen and oxygen atoms in total. The highest BCUT2D eigenvalue weighted by Crippen LogP contribution is 2.27. The van der Waals surface area contributed by atoms with E-state index in [1.807, 2.05) is 36.4 Å². The normalized spacial score (nSPS) is 10.7. The summed E-state index contributed by atoms with van der Waals surface area (Å²) >= 11 is 0. The Kier molecular flexibility index (Phi) is 6.52. The Morgan fingerprint density at radius 3 is 2.62 bits per heavy atom. The number of nitrogens with one attached hydrogen (secondary N) is 1. The third-order valence-corrected chi connectivity index (χ3v) is 4.21. The van der Waals surface area contributed by atoms with E-state index < -0.39 is 0 Å². The predicted octanol–water partition coefficient (Wildman–Crippen LogP) is 3.87. The van der Waals surface area contributed by atoms with Crippen molar-refractivity contribution in [1.29, 1.82) is 0 Å². The lowest BCUT2D eigenvalue weighted by molar-refractivity contribution is 0.0601. The van der Waals surface area contributed by atoms with Crippen molar-refractivity contribution < 1.29 is 23.4 Å². The highest BCUT2D eigenvalue weighted by Gasteiger charge is 2.09. The van der Waals surface area contributed by atoms with Crippen molar-refractivity contribution in [3.05, 3.63) is 71.5 Å². The minimum atomic E-state index is -0.389. The van der Waals surface area contributed by atoms with E-state index in [-0.39, 0.29) is 5.97 Å². The van der Waals surface area contributed by atoms with Gasteiger partial charge in [0, 0.05) is 5.56 Å². The highest BCUT2D eigenvalue weighted by atomic mass is 16.5. The summed E-state index contributed by atoms with van der Waals surface area (Å²) in [6.07, 6.45) is 1.59. The van der Waals surface area contributed by atoms with Gasteiger partial charge in [0.25, 0.3) is 0 Å². The summed E-state index contributed by atoms with van der Waals surface area (Å²) in [5.74, 6) is 2.18. The van der Waals surface area contributed by atoms with Gasteiger partial charge in [-0.15, -0.1) is 0 Å². The number of carbonyl (C=O) groups excluding carboxylic acids is 1. The van der Waals surface area contributed by atoms with Crippen LogP contribution in [-0.2, 0) is 11.3 Å². The maximum atomic E-state index is 11.7. The van der Waals surface area contributed by atoms with Crippen LogP contribution in [0.15, 0.2) is 64.1 Å². The van der Waals surface area contributed by atoms with Crippen LogP contribution in [-0.4, -0.2) is 33.5 Å². The Balaban J connectivity index is 1.62. The monoisotopic (exact) mass is 394 g/mol. The fourth-order valence-electron chi connectivity index (χ4n) is 2.73. The largest absolute Gasteiger partial charge is 0.493 e. The zero-order chi connectivity index (χ0) is 20.6. The summed E-state index contributed by atoms with van der Waals surface area (Å²) in [7, 11) is 4.55.